The predicted octanol–water partition coefficient (Wildman–Crippen LogP) is 4.64. The third-order valence-corrected chi connectivity index (χ3v) is 6.44. The molecule has 180 valence electrons. The van der Waals surface area contributed by atoms with Gasteiger partial charge in [0.05, 0.1) is 24.6 Å². The Bertz CT molecular complexity index is 1160. The number of amides is 2. The molecule has 0 bridgehead atoms. The van der Waals surface area contributed by atoms with Gasteiger partial charge in [0.2, 0.25) is 5.91 Å². The average molecular weight is 502 g/mol. The number of benzene rings is 2. The Hall–Kier alpha value is -3.04. The Labute approximate surface area is 208 Å². The summed E-state index contributed by atoms with van der Waals surface area (Å²) in [4.78, 5) is 25.3. The lowest BCUT2D eigenvalue weighted by molar-refractivity contribution is -0.113. The van der Waals surface area contributed by atoms with Crippen LogP contribution in [0.3, 0.4) is 0 Å². The van der Waals surface area contributed by atoms with E-state index in [9.17, 15) is 9.59 Å². The maximum atomic E-state index is 12.8. The third kappa shape index (κ3) is 6.30. The largest absolute Gasteiger partial charge is 0.495 e. The van der Waals surface area contributed by atoms with E-state index in [2.05, 4.69) is 20.8 Å². The predicted molar refractivity (Wildman–Crippen MR) is 135 cm³/mol. The molecule has 3 aromatic rings. The average Bonchev–Trinajstić information content (AvgIpc) is 3.16. The zero-order chi connectivity index (χ0) is 24.8. The SMILES string of the molecule is COc1ccc(Cl)cc1NC(=O)CSc1nnc([C@H](NC(=O)c2ccc(C)cc2)C(C)C)n1C. The van der Waals surface area contributed by atoms with Crippen LogP contribution in [0.1, 0.15) is 41.6 Å². The van der Waals surface area contributed by atoms with Gasteiger partial charge in [0.25, 0.3) is 5.91 Å². The summed E-state index contributed by atoms with van der Waals surface area (Å²) in [6.45, 7) is 5.99. The van der Waals surface area contributed by atoms with Crippen molar-refractivity contribution >= 4 is 40.9 Å². The van der Waals surface area contributed by atoms with E-state index in [1.807, 2.05) is 40.0 Å². The fourth-order valence-corrected chi connectivity index (χ4v) is 4.17. The molecule has 10 heteroatoms. The van der Waals surface area contributed by atoms with Gasteiger partial charge >= 0.3 is 0 Å². The van der Waals surface area contributed by atoms with Gasteiger partial charge in [-0.1, -0.05) is 54.9 Å². The summed E-state index contributed by atoms with van der Waals surface area (Å²) in [5.41, 5.74) is 2.17. The number of methoxy groups -OCH3 is 1. The smallest absolute Gasteiger partial charge is 0.251 e. The molecule has 2 N–H and O–H groups in total. The summed E-state index contributed by atoms with van der Waals surface area (Å²) >= 11 is 7.28. The molecule has 0 fully saturated rings. The second kappa shape index (κ2) is 11.4. The van der Waals surface area contributed by atoms with Crippen LogP contribution in [0.25, 0.3) is 0 Å². The van der Waals surface area contributed by atoms with E-state index in [0.717, 1.165) is 5.56 Å². The van der Waals surface area contributed by atoms with Crippen molar-refractivity contribution < 1.29 is 14.3 Å². The van der Waals surface area contributed by atoms with Crippen LogP contribution in [0.4, 0.5) is 5.69 Å². The van der Waals surface area contributed by atoms with Crippen LogP contribution in [0, 0.1) is 12.8 Å². The number of anilines is 1. The standard InChI is InChI=1S/C24H28ClN5O3S/c1-14(2)21(27-23(32)16-8-6-15(3)7-9-16)22-28-29-24(30(22)4)34-13-20(31)26-18-12-17(25)10-11-19(18)33-5/h6-12,14,21H,13H2,1-5H3,(H,26,31)(H,27,32)/t21-/m1/s1. The number of hydrogen-bond acceptors (Lipinski definition) is 6. The molecule has 0 aliphatic rings. The summed E-state index contributed by atoms with van der Waals surface area (Å²) in [7, 11) is 3.35. The summed E-state index contributed by atoms with van der Waals surface area (Å²) in [6, 6.07) is 12.1. The summed E-state index contributed by atoms with van der Waals surface area (Å²) in [5.74, 6) is 0.925. The van der Waals surface area contributed by atoms with Crippen molar-refractivity contribution in [3.63, 3.8) is 0 Å². The number of halogens is 1. The number of aryl methyl sites for hydroxylation is 1. The van der Waals surface area contributed by atoms with Crippen molar-refractivity contribution in [2.45, 2.75) is 32.0 Å². The lowest BCUT2D eigenvalue weighted by Gasteiger charge is -2.21. The first kappa shape index (κ1) is 25.6. The number of carbonyl (C=O) groups excluding carboxylic acids is 2. The maximum Gasteiger partial charge on any atom is 0.251 e. The molecule has 0 saturated carbocycles. The summed E-state index contributed by atoms with van der Waals surface area (Å²) in [5, 5.41) is 15.5. The molecule has 1 heterocycles. The van der Waals surface area contributed by atoms with E-state index in [4.69, 9.17) is 16.3 Å². The zero-order valence-corrected chi connectivity index (χ0v) is 21.3. The fraction of sp³-hybridized carbons (Fsp3) is 0.333. The second-order valence-corrected chi connectivity index (χ2v) is 9.52. The molecule has 0 aliphatic carbocycles. The van der Waals surface area contributed by atoms with Crippen LogP contribution in [0.2, 0.25) is 5.02 Å². The number of rotatable bonds is 9. The fourth-order valence-electron chi connectivity index (χ4n) is 3.28. The third-order valence-electron chi connectivity index (χ3n) is 5.18. The van der Waals surface area contributed by atoms with Gasteiger partial charge in [0, 0.05) is 17.6 Å². The summed E-state index contributed by atoms with van der Waals surface area (Å²) in [6.07, 6.45) is 0. The number of thioether (sulfide) groups is 1. The van der Waals surface area contributed by atoms with Crippen molar-refractivity contribution in [2.24, 2.45) is 13.0 Å². The van der Waals surface area contributed by atoms with Gasteiger partial charge in [-0.25, -0.2) is 0 Å². The minimum atomic E-state index is -0.342. The van der Waals surface area contributed by atoms with E-state index in [1.165, 1.54) is 18.9 Å². The summed E-state index contributed by atoms with van der Waals surface area (Å²) < 4.78 is 7.07. The van der Waals surface area contributed by atoms with Crippen LogP contribution >= 0.6 is 23.4 Å². The van der Waals surface area contributed by atoms with Crippen molar-refractivity contribution in [3.8, 4) is 5.75 Å². The minimum absolute atomic E-state index is 0.0775. The molecule has 0 aliphatic heterocycles. The van der Waals surface area contributed by atoms with Gasteiger partial charge in [0.15, 0.2) is 11.0 Å². The van der Waals surface area contributed by atoms with Crippen molar-refractivity contribution in [1.29, 1.82) is 0 Å². The van der Waals surface area contributed by atoms with Crippen molar-refractivity contribution in [2.75, 3.05) is 18.2 Å². The maximum absolute atomic E-state index is 12.8. The number of nitrogens with zero attached hydrogens (tertiary/aromatic N) is 3. The molecule has 34 heavy (non-hydrogen) atoms. The number of carbonyl (C=O) groups is 2. The van der Waals surface area contributed by atoms with Gasteiger partial charge in [0.1, 0.15) is 5.75 Å². The van der Waals surface area contributed by atoms with Gasteiger partial charge in [-0.2, -0.15) is 0 Å². The van der Waals surface area contributed by atoms with Crippen LogP contribution in [0.5, 0.6) is 5.75 Å². The molecule has 1 atom stereocenters. The molecule has 1 aromatic heterocycles. The van der Waals surface area contributed by atoms with Crippen molar-refractivity contribution in [3.05, 3.63) is 64.4 Å². The zero-order valence-electron chi connectivity index (χ0n) is 19.8. The van der Waals surface area contributed by atoms with E-state index in [0.29, 0.717) is 33.0 Å². The molecule has 3 rings (SSSR count). The Morgan fingerprint density at radius 1 is 1.15 bits per heavy atom. The molecule has 2 amide bonds. The quantitative estimate of drug-likeness (QED) is 0.414. The molecule has 0 unspecified atom stereocenters. The first-order chi connectivity index (χ1) is 16.2. The molecule has 0 spiro atoms. The van der Waals surface area contributed by atoms with E-state index in [1.54, 1.807) is 34.9 Å². The van der Waals surface area contributed by atoms with E-state index < -0.39 is 0 Å². The van der Waals surface area contributed by atoms with Crippen LogP contribution in [0.15, 0.2) is 47.6 Å². The van der Waals surface area contributed by atoms with Crippen molar-refractivity contribution in [1.82, 2.24) is 20.1 Å². The van der Waals surface area contributed by atoms with Gasteiger partial charge in [-0.3, -0.25) is 9.59 Å². The highest BCUT2D eigenvalue weighted by Gasteiger charge is 2.25. The topological polar surface area (TPSA) is 98.1 Å². The number of nitrogens with one attached hydrogen (secondary N) is 2. The van der Waals surface area contributed by atoms with E-state index in [-0.39, 0.29) is 29.5 Å². The lowest BCUT2D eigenvalue weighted by Crippen LogP contribution is -2.33. The highest BCUT2D eigenvalue weighted by atomic mass is 35.5. The number of aromatic nitrogens is 3. The molecule has 8 nitrogen and oxygen atoms in total. The molecule has 0 radical (unpaired) electrons. The Morgan fingerprint density at radius 3 is 2.50 bits per heavy atom. The minimum Gasteiger partial charge on any atom is -0.495 e. The monoisotopic (exact) mass is 501 g/mol. The lowest BCUT2D eigenvalue weighted by atomic mass is 10.0. The van der Waals surface area contributed by atoms with Crippen LogP contribution in [-0.4, -0.2) is 39.4 Å². The first-order valence-corrected chi connectivity index (χ1v) is 12.1. The Kier molecular flexibility index (Phi) is 8.57. The van der Waals surface area contributed by atoms with Gasteiger partial charge in [-0.05, 0) is 43.2 Å². The molecular weight excluding hydrogens is 474 g/mol. The second-order valence-electron chi connectivity index (χ2n) is 8.14. The van der Waals surface area contributed by atoms with Crippen LogP contribution in [-0.2, 0) is 11.8 Å². The van der Waals surface area contributed by atoms with Gasteiger partial charge < -0.3 is 19.9 Å². The molecular formula is C24H28ClN5O3S. The van der Waals surface area contributed by atoms with Crippen LogP contribution < -0.4 is 15.4 Å². The highest BCUT2D eigenvalue weighted by molar-refractivity contribution is 7.99. The first-order valence-electron chi connectivity index (χ1n) is 10.7. The Morgan fingerprint density at radius 2 is 1.85 bits per heavy atom. The Balaban J connectivity index is 1.67. The molecule has 0 saturated heterocycles. The number of ether oxygens (including phenoxy) is 1. The molecule has 2 aromatic carbocycles. The van der Waals surface area contributed by atoms with E-state index >= 15 is 0 Å². The number of hydrogen-bond donors (Lipinski definition) is 2. The van der Waals surface area contributed by atoms with Gasteiger partial charge in [-0.15, -0.1) is 10.2 Å². The highest BCUT2D eigenvalue weighted by Crippen LogP contribution is 2.28. The normalized spacial score (nSPS) is 11.9.